The zero-order chi connectivity index (χ0) is 19.1. The summed E-state index contributed by atoms with van der Waals surface area (Å²) in [7, 11) is 0. The Labute approximate surface area is 164 Å². The van der Waals surface area contributed by atoms with Crippen LogP contribution >= 0.6 is 11.8 Å². The second kappa shape index (κ2) is 9.75. The average Bonchev–Trinajstić information content (AvgIpc) is 3.08. The number of amides is 1. The maximum absolute atomic E-state index is 12.2. The monoisotopic (exact) mass is 389 g/mol. The van der Waals surface area contributed by atoms with E-state index < -0.39 is 0 Å². The first-order valence-electron chi connectivity index (χ1n) is 9.33. The molecule has 0 aliphatic carbocycles. The van der Waals surface area contributed by atoms with E-state index in [2.05, 4.69) is 38.8 Å². The van der Waals surface area contributed by atoms with Crippen molar-refractivity contribution in [3.8, 4) is 0 Å². The smallest absolute Gasteiger partial charge is 0.230 e. The molecule has 146 valence electrons. The van der Waals surface area contributed by atoms with Crippen LogP contribution in [0, 0.1) is 5.92 Å². The molecule has 0 spiro atoms. The number of hydrogen-bond acceptors (Lipinski definition) is 6. The van der Waals surface area contributed by atoms with Gasteiger partial charge in [-0.15, -0.1) is 10.2 Å². The molecule has 0 radical (unpaired) electrons. The van der Waals surface area contributed by atoms with Gasteiger partial charge in [0.05, 0.1) is 19.0 Å². The second-order valence-corrected chi connectivity index (χ2v) is 7.88. The van der Waals surface area contributed by atoms with Crippen LogP contribution in [-0.2, 0) is 22.6 Å². The number of morpholine rings is 1. The minimum Gasteiger partial charge on any atom is -0.378 e. The third-order valence-corrected chi connectivity index (χ3v) is 5.17. The van der Waals surface area contributed by atoms with Crippen molar-refractivity contribution in [3.05, 3.63) is 35.9 Å². The van der Waals surface area contributed by atoms with Crippen molar-refractivity contribution >= 4 is 23.6 Å². The van der Waals surface area contributed by atoms with Crippen molar-refractivity contribution in [2.24, 2.45) is 5.92 Å². The van der Waals surface area contributed by atoms with E-state index in [9.17, 15) is 4.79 Å². The molecule has 1 aliphatic rings. The van der Waals surface area contributed by atoms with Gasteiger partial charge < -0.3 is 15.0 Å². The molecule has 0 saturated carbocycles. The molecule has 0 unspecified atom stereocenters. The van der Waals surface area contributed by atoms with Crippen LogP contribution < -0.4 is 10.2 Å². The van der Waals surface area contributed by atoms with Crippen LogP contribution in [0.3, 0.4) is 0 Å². The topological polar surface area (TPSA) is 72.3 Å². The molecule has 8 heteroatoms. The van der Waals surface area contributed by atoms with E-state index in [1.54, 1.807) is 0 Å². The van der Waals surface area contributed by atoms with Crippen molar-refractivity contribution in [3.63, 3.8) is 0 Å². The van der Waals surface area contributed by atoms with Crippen LogP contribution in [0.2, 0.25) is 0 Å². The van der Waals surface area contributed by atoms with Gasteiger partial charge in [0.25, 0.3) is 0 Å². The number of benzene rings is 1. The largest absolute Gasteiger partial charge is 0.378 e. The molecule has 1 amide bonds. The highest BCUT2D eigenvalue weighted by molar-refractivity contribution is 7.99. The van der Waals surface area contributed by atoms with E-state index in [0.717, 1.165) is 36.3 Å². The first-order chi connectivity index (χ1) is 13.1. The lowest BCUT2D eigenvalue weighted by molar-refractivity contribution is -0.118. The summed E-state index contributed by atoms with van der Waals surface area (Å²) >= 11 is 1.44. The molecule has 2 heterocycles. The molecule has 7 nitrogen and oxygen atoms in total. The number of nitrogens with zero attached hydrogens (tertiary/aromatic N) is 4. The first kappa shape index (κ1) is 19.7. The van der Waals surface area contributed by atoms with Crippen LogP contribution in [0.15, 0.2) is 35.5 Å². The van der Waals surface area contributed by atoms with Crippen molar-refractivity contribution in [2.75, 3.05) is 37.0 Å². The predicted molar refractivity (Wildman–Crippen MR) is 107 cm³/mol. The first-order valence-corrected chi connectivity index (χ1v) is 10.3. The Kier molecular flexibility index (Phi) is 7.11. The summed E-state index contributed by atoms with van der Waals surface area (Å²) < 4.78 is 7.56. The normalized spacial score (nSPS) is 14.6. The van der Waals surface area contributed by atoms with Crippen molar-refractivity contribution in [2.45, 2.75) is 32.1 Å². The summed E-state index contributed by atoms with van der Waals surface area (Å²) in [6.07, 6.45) is 0. The molecule has 1 aliphatic heterocycles. The SMILES string of the molecule is CC(C)Cn1c(SCC(=O)NCc2ccccc2)nnc1N1CCOCC1. The lowest BCUT2D eigenvalue weighted by atomic mass is 10.2. The van der Waals surface area contributed by atoms with E-state index >= 15 is 0 Å². The highest BCUT2D eigenvalue weighted by Gasteiger charge is 2.21. The Balaban J connectivity index is 1.59. The summed E-state index contributed by atoms with van der Waals surface area (Å²) in [6, 6.07) is 9.91. The number of anilines is 1. The van der Waals surface area contributed by atoms with Gasteiger partial charge in [-0.3, -0.25) is 9.36 Å². The molecule has 0 bridgehead atoms. The third kappa shape index (κ3) is 5.71. The molecule has 1 fully saturated rings. The molecule has 27 heavy (non-hydrogen) atoms. The van der Waals surface area contributed by atoms with Gasteiger partial charge in [0.15, 0.2) is 5.16 Å². The van der Waals surface area contributed by atoms with E-state index in [1.165, 1.54) is 11.8 Å². The number of nitrogens with one attached hydrogen (secondary N) is 1. The number of ether oxygens (including phenoxy) is 1. The maximum Gasteiger partial charge on any atom is 0.230 e. The molecule has 1 aromatic carbocycles. The van der Waals surface area contributed by atoms with Crippen LogP contribution in [0.5, 0.6) is 0 Å². The van der Waals surface area contributed by atoms with Gasteiger partial charge in [-0.1, -0.05) is 55.9 Å². The van der Waals surface area contributed by atoms with E-state index in [0.29, 0.717) is 31.4 Å². The zero-order valence-corrected chi connectivity index (χ0v) is 16.7. The Hall–Kier alpha value is -2.06. The quantitative estimate of drug-likeness (QED) is 0.698. The average molecular weight is 390 g/mol. The Morgan fingerprint density at radius 2 is 1.96 bits per heavy atom. The molecule has 1 N–H and O–H groups in total. The maximum atomic E-state index is 12.2. The van der Waals surface area contributed by atoms with E-state index in [4.69, 9.17) is 4.74 Å². The molecule has 2 aromatic rings. The van der Waals surface area contributed by atoms with Gasteiger partial charge >= 0.3 is 0 Å². The van der Waals surface area contributed by atoms with Crippen molar-refractivity contribution in [1.29, 1.82) is 0 Å². The summed E-state index contributed by atoms with van der Waals surface area (Å²) in [6.45, 7) is 8.76. The minimum atomic E-state index is -0.00382. The van der Waals surface area contributed by atoms with E-state index in [-0.39, 0.29) is 5.91 Å². The number of thioether (sulfide) groups is 1. The van der Waals surface area contributed by atoms with Gasteiger partial charge in [0.2, 0.25) is 11.9 Å². The highest BCUT2D eigenvalue weighted by atomic mass is 32.2. The molecule has 0 atom stereocenters. The fraction of sp³-hybridized carbons (Fsp3) is 0.526. The van der Waals surface area contributed by atoms with Crippen molar-refractivity contribution < 1.29 is 9.53 Å². The number of hydrogen-bond donors (Lipinski definition) is 1. The lowest BCUT2D eigenvalue weighted by Gasteiger charge is -2.28. The molecular formula is C19H27N5O2S. The Bertz CT molecular complexity index is 729. The van der Waals surface area contributed by atoms with Crippen LogP contribution in [-0.4, -0.2) is 52.7 Å². The Morgan fingerprint density at radius 3 is 2.67 bits per heavy atom. The molecular weight excluding hydrogens is 362 g/mol. The summed E-state index contributed by atoms with van der Waals surface area (Å²) in [4.78, 5) is 14.4. The van der Waals surface area contributed by atoms with Crippen LogP contribution in [0.1, 0.15) is 19.4 Å². The molecule has 1 aromatic heterocycles. The number of carbonyl (C=O) groups is 1. The number of rotatable bonds is 8. The summed E-state index contributed by atoms with van der Waals surface area (Å²) in [5, 5.41) is 12.5. The summed E-state index contributed by atoms with van der Waals surface area (Å²) in [5.74, 6) is 1.66. The van der Waals surface area contributed by atoms with E-state index in [1.807, 2.05) is 30.3 Å². The van der Waals surface area contributed by atoms with Gasteiger partial charge in [0.1, 0.15) is 0 Å². The molecule has 1 saturated heterocycles. The lowest BCUT2D eigenvalue weighted by Crippen LogP contribution is -2.38. The fourth-order valence-corrected chi connectivity index (χ4v) is 3.66. The summed E-state index contributed by atoms with van der Waals surface area (Å²) in [5.41, 5.74) is 1.09. The van der Waals surface area contributed by atoms with Gasteiger partial charge in [-0.05, 0) is 11.5 Å². The number of carbonyl (C=O) groups excluding carboxylic acids is 1. The van der Waals surface area contributed by atoms with Gasteiger partial charge in [-0.2, -0.15) is 0 Å². The predicted octanol–water partition coefficient (Wildman–Crippen LogP) is 2.18. The van der Waals surface area contributed by atoms with Crippen LogP contribution in [0.25, 0.3) is 0 Å². The second-order valence-electron chi connectivity index (χ2n) is 6.94. The third-order valence-electron chi connectivity index (χ3n) is 4.20. The highest BCUT2D eigenvalue weighted by Crippen LogP contribution is 2.24. The number of aromatic nitrogens is 3. The zero-order valence-electron chi connectivity index (χ0n) is 15.9. The van der Waals surface area contributed by atoms with Crippen LogP contribution in [0.4, 0.5) is 5.95 Å². The molecule has 3 rings (SSSR count). The fourth-order valence-electron chi connectivity index (χ4n) is 2.89. The van der Waals surface area contributed by atoms with Gasteiger partial charge in [-0.25, -0.2) is 0 Å². The standard InChI is InChI=1S/C19H27N5O2S/c1-15(2)13-24-18(23-8-10-26-11-9-23)21-22-19(24)27-14-17(25)20-12-16-6-4-3-5-7-16/h3-7,15H,8-14H2,1-2H3,(H,20,25). The van der Waals surface area contributed by atoms with Gasteiger partial charge in [0, 0.05) is 26.2 Å². The Morgan fingerprint density at radius 1 is 1.22 bits per heavy atom. The van der Waals surface area contributed by atoms with Crippen molar-refractivity contribution in [1.82, 2.24) is 20.1 Å². The minimum absolute atomic E-state index is 0.00382.